The summed E-state index contributed by atoms with van der Waals surface area (Å²) in [7, 11) is 2.08. The second-order valence-corrected chi connectivity index (χ2v) is 5.32. The molecule has 3 heteroatoms. The molecular weight excluding hydrogens is 224 g/mol. The number of ether oxygens (including phenoxy) is 1. The van der Waals surface area contributed by atoms with Crippen LogP contribution in [0.2, 0.25) is 0 Å². The van der Waals surface area contributed by atoms with Crippen molar-refractivity contribution in [1.82, 2.24) is 10.6 Å². The predicted molar refractivity (Wildman–Crippen MR) is 73.0 cm³/mol. The van der Waals surface area contributed by atoms with E-state index in [0.29, 0.717) is 6.04 Å². The number of fused-ring (bicyclic) bond motifs is 1. The van der Waals surface area contributed by atoms with Gasteiger partial charge in [-0.25, -0.2) is 0 Å². The van der Waals surface area contributed by atoms with Gasteiger partial charge in [0.25, 0.3) is 0 Å². The topological polar surface area (TPSA) is 33.3 Å². The Morgan fingerprint density at radius 3 is 2.94 bits per heavy atom. The molecule has 2 aliphatic heterocycles. The normalized spacial score (nSPS) is 21.4. The number of rotatable bonds is 3. The van der Waals surface area contributed by atoms with Crippen molar-refractivity contribution in [1.29, 1.82) is 0 Å². The molecule has 2 aliphatic rings. The molecule has 0 spiro atoms. The average molecular weight is 246 g/mol. The van der Waals surface area contributed by atoms with Crippen molar-refractivity contribution >= 4 is 0 Å². The molecule has 18 heavy (non-hydrogen) atoms. The molecular formula is C15H22N2O. The standard InChI is InChI=1S/C15H22N2O/c1-16-15(11-4-7-17-8-5-11)13-2-3-14-12(10-13)6-9-18-14/h2-3,10-11,15-17H,4-9H2,1H3. The molecule has 1 unspecified atom stereocenters. The Morgan fingerprint density at radius 1 is 1.33 bits per heavy atom. The van der Waals surface area contributed by atoms with E-state index in [0.717, 1.165) is 37.8 Å². The highest BCUT2D eigenvalue weighted by Gasteiger charge is 2.24. The Morgan fingerprint density at radius 2 is 2.17 bits per heavy atom. The summed E-state index contributed by atoms with van der Waals surface area (Å²) in [5.41, 5.74) is 2.80. The van der Waals surface area contributed by atoms with Crippen molar-refractivity contribution in [2.24, 2.45) is 5.92 Å². The first-order chi connectivity index (χ1) is 8.88. The number of hydrogen-bond acceptors (Lipinski definition) is 3. The highest BCUT2D eigenvalue weighted by atomic mass is 16.5. The third-order valence-corrected chi connectivity index (χ3v) is 4.24. The third-order valence-electron chi connectivity index (χ3n) is 4.24. The quantitative estimate of drug-likeness (QED) is 0.854. The summed E-state index contributed by atoms with van der Waals surface area (Å²) in [6.07, 6.45) is 3.59. The summed E-state index contributed by atoms with van der Waals surface area (Å²) in [6.45, 7) is 3.14. The molecule has 3 nitrogen and oxygen atoms in total. The van der Waals surface area contributed by atoms with Crippen molar-refractivity contribution in [2.75, 3.05) is 26.7 Å². The van der Waals surface area contributed by atoms with Crippen LogP contribution in [0, 0.1) is 5.92 Å². The molecule has 2 N–H and O–H groups in total. The van der Waals surface area contributed by atoms with Crippen LogP contribution in [0.5, 0.6) is 5.75 Å². The molecule has 1 aromatic carbocycles. The Labute approximate surface area is 109 Å². The molecule has 2 heterocycles. The zero-order chi connectivity index (χ0) is 12.4. The molecule has 0 saturated carbocycles. The first kappa shape index (κ1) is 12.0. The molecule has 0 bridgehead atoms. The van der Waals surface area contributed by atoms with Gasteiger partial charge in [-0.05, 0) is 56.1 Å². The van der Waals surface area contributed by atoms with Crippen LogP contribution in [0.4, 0.5) is 0 Å². The van der Waals surface area contributed by atoms with Gasteiger partial charge in [0.05, 0.1) is 6.61 Å². The van der Waals surface area contributed by atoms with E-state index >= 15 is 0 Å². The van der Waals surface area contributed by atoms with Crippen LogP contribution in [0.1, 0.15) is 30.0 Å². The van der Waals surface area contributed by atoms with Crippen molar-refractivity contribution in [3.8, 4) is 5.75 Å². The molecule has 0 radical (unpaired) electrons. The molecule has 1 aromatic rings. The van der Waals surface area contributed by atoms with E-state index in [-0.39, 0.29) is 0 Å². The summed E-state index contributed by atoms with van der Waals surface area (Å²) >= 11 is 0. The third kappa shape index (κ3) is 2.25. The lowest BCUT2D eigenvalue weighted by Gasteiger charge is -2.31. The Balaban J connectivity index is 1.82. The van der Waals surface area contributed by atoms with Gasteiger partial charge in [0.15, 0.2) is 0 Å². The molecule has 3 rings (SSSR count). The number of benzene rings is 1. The van der Waals surface area contributed by atoms with Crippen molar-refractivity contribution < 1.29 is 4.74 Å². The van der Waals surface area contributed by atoms with Crippen molar-refractivity contribution in [2.45, 2.75) is 25.3 Å². The molecule has 0 aromatic heterocycles. The van der Waals surface area contributed by atoms with Gasteiger partial charge in [0.1, 0.15) is 5.75 Å². The van der Waals surface area contributed by atoms with E-state index in [9.17, 15) is 0 Å². The molecule has 0 aliphatic carbocycles. The number of piperidine rings is 1. The largest absolute Gasteiger partial charge is 0.493 e. The van der Waals surface area contributed by atoms with E-state index in [2.05, 4.69) is 35.9 Å². The fourth-order valence-electron chi connectivity index (χ4n) is 3.25. The molecule has 1 saturated heterocycles. The number of nitrogens with one attached hydrogen (secondary N) is 2. The van der Waals surface area contributed by atoms with Gasteiger partial charge in [-0.2, -0.15) is 0 Å². The fraction of sp³-hybridized carbons (Fsp3) is 0.600. The highest BCUT2D eigenvalue weighted by Crippen LogP contribution is 2.33. The minimum absolute atomic E-state index is 0.484. The first-order valence-electron chi connectivity index (χ1n) is 7.02. The van der Waals surface area contributed by atoms with Gasteiger partial charge in [0, 0.05) is 12.5 Å². The monoisotopic (exact) mass is 246 g/mol. The second-order valence-electron chi connectivity index (χ2n) is 5.32. The van der Waals surface area contributed by atoms with Crippen LogP contribution in [0.25, 0.3) is 0 Å². The van der Waals surface area contributed by atoms with Crippen LogP contribution in [-0.4, -0.2) is 26.7 Å². The molecule has 1 atom stereocenters. The van der Waals surface area contributed by atoms with Crippen LogP contribution in [-0.2, 0) is 6.42 Å². The molecule has 98 valence electrons. The van der Waals surface area contributed by atoms with E-state index < -0.39 is 0 Å². The summed E-state index contributed by atoms with van der Waals surface area (Å²) in [5.74, 6) is 1.83. The molecule has 1 fully saturated rings. The zero-order valence-electron chi connectivity index (χ0n) is 11.0. The van der Waals surface area contributed by atoms with Gasteiger partial charge in [-0.15, -0.1) is 0 Å². The second kappa shape index (κ2) is 5.29. The van der Waals surface area contributed by atoms with Crippen molar-refractivity contribution in [3.05, 3.63) is 29.3 Å². The number of hydrogen-bond donors (Lipinski definition) is 2. The van der Waals surface area contributed by atoms with Gasteiger partial charge >= 0.3 is 0 Å². The van der Waals surface area contributed by atoms with Crippen LogP contribution < -0.4 is 15.4 Å². The van der Waals surface area contributed by atoms with E-state index in [1.807, 2.05) is 0 Å². The Hall–Kier alpha value is -1.06. The lowest BCUT2D eigenvalue weighted by Crippen LogP contribution is -2.35. The SMILES string of the molecule is CNC(c1ccc2c(c1)CCO2)C1CCNCC1. The Kier molecular flexibility index (Phi) is 3.52. The summed E-state index contributed by atoms with van der Waals surface area (Å²) in [5, 5.41) is 6.95. The van der Waals surface area contributed by atoms with Gasteiger partial charge in [-0.3, -0.25) is 0 Å². The maximum atomic E-state index is 5.58. The minimum Gasteiger partial charge on any atom is -0.493 e. The van der Waals surface area contributed by atoms with E-state index in [4.69, 9.17) is 4.74 Å². The van der Waals surface area contributed by atoms with Gasteiger partial charge in [-0.1, -0.05) is 12.1 Å². The summed E-state index contributed by atoms with van der Waals surface area (Å²) < 4.78 is 5.58. The molecule has 0 amide bonds. The lowest BCUT2D eigenvalue weighted by molar-refractivity contribution is 0.294. The smallest absolute Gasteiger partial charge is 0.122 e. The average Bonchev–Trinajstić information content (AvgIpc) is 2.88. The van der Waals surface area contributed by atoms with Crippen LogP contribution in [0.15, 0.2) is 18.2 Å². The lowest BCUT2D eigenvalue weighted by atomic mass is 9.85. The van der Waals surface area contributed by atoms with Gasteiger partial charge in [0.2, 0.25) is 0 Å². The fourth-order valence-corrected chi connectivity index (χ4v) is 3.25. The van der Waals surface area contributed by atoms with E-state index in [1.165, 1.54) is 24.0 Å². The first-order valence-corrected chi connectivity index (χ1v) is 7.02. The van der Waals surface area contributed by atoms with Crippen LogP contribution in [0.3, 0.4) is 0 Å². The highest BCUT2D eigenvalue weighted by molar-refractivity contribution is 5.41. The maximum Gasteiger partial charge on any atom is 0.122 e. The van der Waals surface area contributed by atoms with Crippen molar-refractivity contribution in [3.63, 3.8) is 0 Å². The summed E-state index contributed by atoms with van der Waals surface area (Å²) in [4.78, 5) is 0. The van der Waals surface area contributed by atoms with Gasteiger partial charge < -0.3 is 15.4 Å². The zero-order valence-corrected chi connectivity index (χ0v) is 11.0. The maximum absolute atomic E-state index is 5.58. The van der Waals surface area contributed by atoms with Crippen LogP contribution >= 0.6 is 0 Å². The Bertz CT molecular complexity index is 413. The summed E-state index contributed by atoms with van der Waals surface area (Å²) in [6, 6.07) is 7.19. The minimum atomic E-state index is 0.484. The van der Waals surface area contributed by atoms with E-state index in [1.54, 1.807) is 0 Å². The predicted octanol–water partition coefficient (Wildman–Crippen LogP) is 1.88.